The molecule has 1 saturated heterocycles. The summed E-state index contributed by atoms with van der Waals surface area (Å²) in [7, 11) is 1.90. The van der Waals surface area contributed by atoms with Crippen molar-refractivity contribution >= 4 is 30.6 Å². The number of aryl methyl sites for hydroxylation is 1. The van der Waals surface area contributed by atoms with Crippen molar-refractivity contribution in [2.75, 3.05) is 31.1 Å². The van der Waals surface area contributed by atoms with E-state index >= 15 is 0 Å². The molecule has 1 aliphatic heterocycles. The van der Waals surface area contributed by atoms with Crippen molar-refractivity contribution in [3.8, 4) is 11.3 Å². The van der Waals surface area contributed by atoms with Crippen LogP contribution in [0.3, 0.4) is 0 Å². The van der Waals surface area contributed by atoms with Crippen molar-refractivity contribution in [2.45, 2.75) is 0 Å². The number of aromatic nitrogens is 4. The van der Waals surface area contributed by atoms with E-state index < -0.39 is 0 Å². The van der Waals surface area contributed by atoms with Crippen LogP contribution in [0.5, 0.6) is 0 Å². The van der Waals surface area contributed by atoms with E-state index in [-0.39, 0.29) is 24.8 Å². The van der Waals surface area contributed by atoms with E-state index in [1.54, 1.807) is 10.9 Å². The van der Waals surface area contributed by atoms with Gasteiger partial charge in [-0.1, -0.05) is 0 Å². The number of piperazine rings is 1. The Balaban J connectivity index is 0.000001000. The van der Waals surface area contributed by atoms with Gasteiger partial charge in [-0.25, -0.2) is 4.98 Å². The molecule has 2 aromatic heterocycles. The van der Waals surface area contributed by atoms with Crippen LogP contribution in [0.4, 0.5) is 5.82 Å². The Labute approximate surface area is 130 Å². The van der Waals surface area contributed by atoms with Crippen molar-refractivity contribution in [1.29, 1.82) is 0 Å². The summed E-state index contributed by atoms with van der Waals surface area (Å²) in [4.78, 5) is 11.2. The second kappa shape index (κ2) is 7.42. The molecule has 2 aromatic rings. The minimum absolute atomic E-state index is 0. The zero-order chi connectivity index (χ0) is 12.4. The lowest BCUT2D eigenvalue weighted by atomic mass is 10.2. The van der Waals surface area contributed by atoms with Crippen LogP contribution in [-0.2, 0) is 7.05 Å². The van der Waals surface area contributed by atoms with Crippen molar-refractivity contribution in [1.82, 2.24) is 25.1 Å². The third-order valence-electron chi connectivity index (χ3n) is 3.06. The van der Waals surface area contributed by atoms with Crippen LogP contribution in [0, 0.1) is 0 Å². The van der Waals surface area contributed by atoms with Crippen molar-refractivity contribution in [3.05, 3.63) is 24.8 Å². The van der Waals surface area contributed by atoms with Gasteiger partial charge in [0, 0.05) is 45.0 Å². The molecule has 3 heterocycles. The van der Waals surface area contributed by atoms with Gasteiger partial charge < -0.3 is 10.2 Å². The number of rotatable bonds is 2. The van der Waals surface area contributed by atoms with Gasteiger partial charge in [-0.15, -0.1) is 24.8 Å². The highest BCUT2D eigenvalue weighted by Crippen LogP contribution is 2.18. The first kappa shape index (κ1) is 16.7. The van der Waals surface area contributed by atoms with Crippen LogP contribution in [0.25, 0.3) is 11.3 Å². The molecule has 0 radical (unpaired) electrons. The van der Waals surface area contributed by atoms with Gasteiger partial charge in [-0.05, 0) is 0 Å². The molecule has 0 atom stereocenters. The summed E-state index contributed by atoms with van der Waals surface area (Å²) < 4.78 is 1.77. The van der Waals surface area contributed by atoms with Gasteiger partial charge in [0.15, 0.2) is 0 Å². The highest BCUT2D eigenvalue weighted by Gasteiger charge is 2.13. The fourth-order valence-corrected chi connectivity index (χ4v) is 2.09. The van der Waals surface area contributed by atoms with E-state index in [4.69, 9.17) is 0 Å². The van der Waals surface area contributed by atoms with Gasteiger partial charge in [0.05, 0.1) is 24.3 Å². The molecule has 110 valence electrons. The highest BCUT2D eigenvalue weighted by atomic mass is 35.5. The van der Waals surface area contributed by atoms with Crippen molar-refractivity contribution < 1.29 is 0 Å². The van der Waals surface area contributed by atoms with Crippen molar-refractivity contribution in [3.63, 3.8) is 0 Å². The summed E-state index contributed by atoms with van der Waals surface area (Å²) in [5.74, 6) is 0.942. The highest BCUT2D eigenvalue weighted by molar-refractivity contribution is 5.85. The van der Waals surface area contributed by atoms with E-state index in [2.05, 4.69) is 25.3 Å². The summed E-state index contributed by atoms with van der Waals surface area (Å²) in [5.41, 5.74) is 1.88. The molecule has 0 unspecified atom stereocenters. The average molecular weight is 317 g/mol. The molecule has 1 aliphatic rings. The second-order valence-corrected chi connectivity index (χ2v) is 4.40. The first-order valence-electron chi connectivity index (χ1n) is 6.10. The summed E-state index contributed by atoms with van der Waals surface area (Å²) >= 11 is 0. The fourth-order valence-electron chi connectivity index (χ4n) is 2.09. The number of nitrogens with one attached hydrogen (secondary N) is 1. The maximum atomic E-state index is 4.66. The molecule has 0 bridgehead atoms. The molecule has 6 nitrogen and oxygen atoms in total. The molecule has 0 aromatic carbocycles. The molecule has 1 N–H and O–H groups in total. The van der Waals surface area contributed by atoms with Crippen LogP contribution >= 0.6 is 24.8 Å². The lowest BCUT2D eigenvalue weighted by Gasteiger charge is -2.28. The fraction of sp³-hybridized carbons (Fsp3) is 0.417. The number of hydrogen-bond acceptors (Lipinski definition) is 5. The van der Waals surface area contributed by atoms with Gasteiger partial charge in [0.25, 0.3) is 0 Å². The van der Waals surface area contributed by atoms with Crippen LogP contribution in [0.2, 0.25) is 0 Å². The molecule has 1 fully saturated rings. The van der Waals surface area contributed by atoms with Crippen LogP contribution in [-0.4, -0.2) is 45.9 Å². The van der Waals surface area contributed by atoms with E-state index in [0.29, 0.717) is 0 Å². The van der Waals surface area contributed by atoms with Gasteiger partial charge in [-0.2, -0.15) is 5.10 Å². The first-order valence-corrected chi connectivity index (χ1v) is 6.10. The van der Waals surface area contributed by atoms with Crippen LogP contribution < -0.4 is 10.2 Å². The minimum atomic E-state index is 0. The standard InChI is InChI=1S/C12H16N6.2ClH/c1-17-9-10(6-15-17)11-7-14-8-12(16-11)18-4-2-13-3-5-18;;/h6-9,13H,2-5H2,1H3;2*1H. The number of anilines is 1. The van der Waals surface area contributed by atoms with Gasteiger partial charge >= 0.3 is 0 Å². The molecule has 0 aliphatic carbocycles. The molecular weight excluding hydrogens is 299 g/mol. The molecule has 20 heavy (non-hydrogen) atoms. The lowest BCUT2D eigenvalue weighted by molar-refractivity contribution is 0.584. The molecule has 0 saturated carbocycles. The van der Waals surface area contributed by atoms with Gasteiger partial charge in [0.2, 0.25) is 0 Å². The number of halogens is 2. The Morgan fingerprint density at radius 3 is 2.50 bits per heavy atom. The van der Waals surface area contributed by atoms with Crippen molar-refractivity contribution in [2.24, 2.45) is 7.05 Å². The summed E-state index contributed by atoms with van der Waals surface area (Å²) in [5, 5.41) is 7.49. The lowest BCUT2D eigenvalue weighted by Crippen LogP contribution is -2.43. The topological polar surface area (TPSA) is 58.9 Å². The molecule has 8 heteroatoms. The predicted molar refractivity (Wildman–Crippen MR) is 83.8 cm³/mol. The van der Waals surface area contributed by atoms with Crippen LogP contribution in [0.15, 0.2) is 24.8 Å². The maximum Gasteiger partial charge on any atom is 0.147 e. The third kappa shape index (κ3) is 3.59. The first-order chi connectivity index (χ1) is 8.83. The zero-order valence-electron chi connectivity index (χ0n) is 11.2. The second-order valence-electron chi connectivity index (χ2n) is 4.40. The SMILES string of the molecule is Cl.Cl.Cn1cc(-c2cncc(N3CCNCC3)n2)cn1. The summed E-state index contributed by atoms with van der Waals surface area (Å²) in [6.07, 6.45) is 7.37. The zero-order valence-corrected chi connectivity index (χ0v) is 12.8. The average Bonchev–Trinajstić information content (AvgIpc) is 2.87. The smallest absolute Gasteiger partial charge is 0.147 e. The van der Waals surface area contributed by atoms with Gasteiger partial charge in [0.1, 0.15) is 5.82 Å². The predicted octanol–water partition coefficient (Wildman–Crippen LogP) is 1.13. The van der Waals surface area contributed by atoms with Crippen LogP contribution in [0.1, 0.15) is 0 Å². The number of hydrogen-bond donors (Lipinski definition) is 1. The maximum absolute atomic E-state index is 4.66. The third-order valence-corrected chi connectivity index (χ3v) is 3.06. The number of nitrogens with zero attached hydrogens (tertiary/aromatic N) is 5. The van der Waals surface area contributed by atoms with E-state index in [1.807, 2.05) is 25.6 Å². The largest absolute Gasteiger partial charge is 0.353 e. The quantitative estimate of drug-likeness (QED) is 0.900. The Hall–Kier alpha value is -1.37. The Morgan fingerprint density at radius 1 is 1.10 bits per heavy atom. The Kier molecular flexibility index (Phi) is 6.19. The van der Waals surface area contributed by atoms with E-state index in [0.717, 1.165) is 43.3 Å². The summed E-state index contributed by atoms with van der Waals surface area (Å²) in [6, 6.07) is 0. The normalized spacial score (nSPS) is 14.3. The van der Waals surface area contributed by atoms with Gasteiger partial charge in [-0.3, -0.25) is 9.67 Å². The molecule has 0 spiro atoms. The monoisotopic (exact) mass is 316 g/mol. The van der Waals surface area contributed by atoms with E-state index in [1.165, 1.54) is 0 Å². The molecule has 0 amide bonds. The molecule has 3 rings (SSSR count). The van der Waals surface area contributed by atoms with E-state index in [9.17, 15) is 0 Å². The minimum Gasteiger partial charge on any atom is -0.353 e. The summed E-state index contributed by atoms with van der Waals surface area (Å²) in [6.45, 7) is 3.95. The Bertz CT molecular complexity index is 538. The Morgan fingerprint density at radius 2 is 1.85 bits per heavy atom. The molecular formula is C12H18Cl2N6.